The van der Waals surface area contributed by atoms with Crippen molar-refractivity contribution in [1.82, 2.24) is 4.57 Å². The van der Waals surface area contributed by atoms with Crippen LogP contribution < -0.4 is 0 Å². The number of carbonyl (C=O) groups is 1. The van der Waals surface area contributed by atoms with Crippen LogP contribution in [-0.4, -0.2) is 55.7 Å². The lowest BCUT2D eigenvalue weighted by Gasteiger charge is -2.37. The average molecular weight is 415 g/mol. The molecule has 0 fully saturated rings. The minimum atomic E-state index is -3.64. The molecule has 0 aromatic heterocycles. The lowest BCUT2D eigenvalue weighted by molar-refractivity contribution is -0.394. The predicted octanol–water partition coefficient (Wildman–Crippen LogP) is 2.90. The molecule has 0 aliphatic carbocycles. The van der Waals surface area contributed by atoms with Gasteiger partial charge in [0.1, 0.15) is 0 Å². The predicted molar refractivity (Wildman–Crippen MR) is 102 cm³/mol. The Balaban J connectivity index is 3.53. The average Bonchev–Trinajstić information content (AvgIpc) is 2.65. The highest BCUT2D eigenvalue weighted by Crippen LogP contribution is 2.26. The number of nitro benzene ring substituents is 2. The quantitative estimate of drug-likeness (QED) is 0.289. The first-order valence-corrected chi connectivity index (χ1v) is 10.6. The molecule has 0 N–H and O–H groups in total. The molecule has 0 spiro atoms. The normalized spacial score (nSPS) is 11.3. The van der Waals surface area contributed by atoms with Gasteiger partial charge in [0.05, 0.1) is 21.5 Å². The van der Waals surface area contributed by atoms with Gasteiger partial charge < -0.3 is 13.3 Å². The Morgan fingerprint density at radius 1 is 0.929 bits per heavy atom. The van der Waals surface area contributed by atoms with Crippen molar-refractivity contribution >= 4 is 26.2 Å². The highest BCUT2D eigenvalue weighted by atomic mass is 28.4. The van der Waals surface area contributed by atoms with E-state index in [1.165, 1.54) is 4.57 Å². The zero-order chi connectivity index (χ0) is 21.3. The smallest absolute Gasteiger partial charge is 0.357 e. The highest BCUT2D eigenvalue weighted by molar-refractivity contribution is 6.61. The lowest BCUT2D eigenvalue weighted by Crippen LogP contribution is -2.63. The van der Waals surface area contributed by atoms with Crippen molar-refractivity contribution in [2.45, 2.75) is 34.1 Å². The molecule has 0 unspecified atom stereocenters. The third kappa shape index (κ3) is 5.54. The standard InChI is InChI=1S/C16H25N3O8Si/c1-5-9-17(28(25-6-2,26-7-3)27-8-4)16(20)13-10-14(18(21)22)12-15(11-13)19(23)24/h10-12H,5-9H2,1-4H3. The minimum absolute atomic E-state index is 0.196. The number of hydrogen-bond donors (Lipinski definition) is 0. The van der Waals surface area contributed by atoms with Gasteiger partial charge in [0.2, 0.25) is 0 Å². The molecule has 28 heavy (non-hydrogen) atoms. The van der Waals surface area contributed by atoms with Crippen LogP contribution in [0.15, 0.2) is 18.2 Å². The summed E-state index contributed by atoms with van der Waals surface area (Å²) in [6, 6.07) is 2.81. The largest absolute Gasteiger partial charge is 0.636 e. The van der Waals surface area contributed by atoms with Crippen molar-refractivity contribution in [3.8, 4) is 0 Å². The van der Waals surface area contributed by atoms with Crippen molar-refractivity contribution in [3.05, 3.63) is 44.0 Å². The third-order valence-corrected chi connectivity index (χ3v) is 6.62. The molecule has 156 valence electrons. The van der Waals surface area contributed by atoms with E-state index in [-0.39, 0.29) is 31.9 Å². The van der Waals surface area contributed by atoms with E-state index in [0.29, 0.717) is 6.42 Å². The monoisotopic (exact) mass is 415 g/mol. The van der Waals surface area contributed by atoms with Gasteiger partial charge in [0.25, 0.3) is 17.3 Å². The second-order valence-electron chi connectivity index (χ2n) is 5.53. The van der Waals surface area contributed by atoms with E-state index < -0.39 is 36.1 Å². The van der Waals surface area contributed by atoms with Gasteiger partial charge in [-0.2, -0.15) is 0 Å². The summed E-state index contributed by atoms with van der Waals surface area (Å²) in [7, 11) is -3.64. The zero-order valence-electron chi connectivity index (χ0n) is 16.4. The summed E-state index contributed by atoms with van der Waals surface area (Å²) >= 11 is 0. The zero-order valence-corrected chi connectivity index (χ0v) is 17.4. The Morgan fingerprint density at radius 3 is 1.68 bits per heavy atom. The first-order chi connectivity index (χ1) is 13.3. The van der Waals surface area contributed by atoms with Crippen LogP contribution in [0.1, 0.15) is 44.5 Å². The molecule has 11 nitrogen and oxygen atoms in total. The van der Waals surface area contributed by atoms with Crippen molar-refractivity contribution in [3.63, 3.8) is 0 Å². The fourth-order valence-electron chi connectivity index (χ4n) is 2.58. The van der Waals surface area contributed by atoms with Crippen LogP contribution in [0.4, 0.5) is 11.4 Å². The molecule has 0 heterocycles. The molecule has 0 aliphatic heterocycles. The fraction of sp³-hybridized carbons (Fsp3) is 0.562. The fourth-order valence-corrected chi connectivity index (χ4v) is 5.26. The number of hydrogen-bond acceptors (Lipinski definition) is 8. The summed E-state index contributed by atoms with van der Waals surface area (Å²) in [6.07, 6.45) is 0.532. The minimum Gasteiger partial charge on any atom is -0.357 e. The molecule has 0 saturated heterocycles. The lowest BCUT2D eigenvalue weighted by atomic mass is 10.1. The van der Waals surface area contributed by atoms with E-state index in [1.807, 2.05) is 6.92 Å². The van der Waals surface area contributed by atoms with Crippen molar-refractivity contribution in [2.24, 2.45) is 0 Å². The molecule has 0 bridgehead atoms. The Labute approximate surface area is 163 Å². The highest BCUT2D eigenvalue weighted by Gasteiger charge is 2.51. The maximum absolute atomic E-state index is 13.2. The molecular weight excluding hydrogens is 390 g/mol. The molecule has 1 aromatic carbocycles. The van der Waals surface area contributed by atoms with E-state index in [1.54, 1.807) is 20.8 Å². The van der Waals surface area contributed by atoms with Crippen molar-refractivity contribution < 1.29 is 27.9 Å². The SMILES string of the molecule is CCCN(C(=O)c1cc([N+](=O)[O-])cc([N+](=O)[O-])c1)[Si](OCC)(OCC)OCC. The molecule has 1 aromatic rings. The Kier molecular flexibility index (Phi) is 9.11. The van der Waals surface area contributed by atoms with E-state index in [0.717, 1.165) is 18.2 Å². The van der Waals surface area contributed by atoms with Gasteiger partial charge in [-0.05, 0) is 27.2 Å². The number of nitrogens with zero attached hydrogens (tertiary/aromatic N) is 3. The summed E-state index contributed by atoms with van der Waals surface area (Å²) in [6.45, 7) is 7.87. The van der Waals surface area contributed by atoms with E-state index >= 15 is 0 Å². The Bertz CT molecular complexity index is 666. The van der Waals surface area contributed by atoms with Gasteiger partial charge in [-0.25, -0.2) is 0 Å². The van der Waals surface area contributed by atoms with Gasteiger partial charge in [-0.1, -0.05) is 6.92 Å². The number of rotatable bonds is 12. The first kappa shape index (κ1) is 23.6. The Hall–Kier alpha value is -2.41. The van der Waals surface area contributed by atoms with Crippen molar-refractivity contribution in [1.29, 1.82) is 0 Å². The summed E-state index contributed by atoms with van der Waals surface area (Å²) < 4.78 is 18.5. The second-order valence-corrected chi connectivity index (χ2v) is 7.99. The van der Waals surface area contributed by atoms with E-state index in [2.05, 4.69) is 0 Å². The van der Waals surface area contributed by atoms with Crippen LogP contribution >= 0.6 is 0 Å². The summed E-state index contributed by atoms with van der Waals surface area (Å²) in [5.74, 6) is -0.685. The Morgan fingerprint density at radius 2 is 1.36 bits per heavy atom. The summed E-state index contributed by atoms with van der Waals surface area (Å²) in [5, 5.41) is 22.3. The molecular formula is C16H25N3O8Si. The van der Waals surface area contributed by atoms with Crippen LogP contribution in [0.2, 0.25) is 0 Å². The molecule has 1 amide bonds. The van der Waals surface area contributed by atoms with Crippen molar-refractivity contribution in [2.75, 3.05) is 26.4 Å². The molecule has 0 radical (unpaired) electrons. The summed E-state index contributed by atoms with van der Waals surface area (Å²) in [5.41, 5.74) is -1.30. The van der Waals surface area contributed by atoms with Gasteiger partial charge in [0, 0.05) is 38.5 Å². The maximum Gasteiger partial charge on any atom is 0.636 e. The number of amides is 1. The number of nitro groups is 2. The van der Waals surface area contributed by atoms with E-state index in [4.69, 9.17) is 13.3 Å². The van der Waals surface area contributed by atoms with E-state index in [9.17, 15) is 25.0 Å². The van der Waals surface area contributed by atoms with Crippen LogP contribution in [-0.2, 0) is 13.3 Å². The third-order valence-electron chi connectivity index (χ3n) is 3.57. The first-order valence-electron chi connectivity index (χ1n) is 8.93. The van der Waals surface area contributed by atoms with Crippen LogP contribution in [0.3, 0.4) is 0 Å². The molecule has 12 heteroatoms. The summed E-state index contributed by atoms with van der Waals surface area (Å²) in [4.78, 5) is 33.9. The van der Waals surface area contributed by atoms with Crippen LogP contribution in [0.5, 0.6) is 0 Å². The van der Waals surface area contributed by atoms with Crippen LogP contribution in [0.25, 0.3) is 0 Å². The maximum atomic E-state index is 13.2. The van der Waals surface area contributed by atoms with Gasteiger partial charge >= 0.3 is 8.97 Å². The number of carbonyl (C=O) groups excluding carboxylic acids is 1. The van der Waals surface area contributed by atoms with Gasteiger partial charge in [-0.15, -0.1) is 0 Å². The van der Waals surface area contributed by atoms with Gasteiger partial charge in [0.15, 0.2) is 0 Å². The molecule has 1 rings (SSSR count). The second kappa shape index (κ2) is 10.8. The number of non-ortho nitro benzene ring substituents is 2. The molecule has 0 aliphatic rings. The van der Waals surface area contributed by atoms with Crippen LogP contribution in [0, 0.1) is 20.2 Å². The van der Waals surface area contributed by atoms with Gasteiger partial charge in [-0.3, -0.25) is 29.6 Å². The molecule has 0 saturated carbocycles. The molecule has 0 atom stereocenters. The topological polar surface area (TPSA) is 134 Å². The number of benzene rings is 1.